The smallest absolute Gasteiger partial charge is 0.160 e. The molecule has 0 aliphatic carbocycles. The molecule has 72 valence electrons. The van der Waals surface area contributed by atoms with Crippen LogP contribution in [0.15, 0.2) is 0 Å². The van der Waals surface area contributed by atoms with E-state index in [1.807, 2.05) is 20.8 Å². The van der Waals surface area contributed by atoms with Crippen molar-refractivity contribution in [1.82, 2.24) is 0 Å². The molecule has 4 atom stereocenters. The van der Waals surface area contributed by atoms with Gasteiger partial charge in [-0.25, -0.2) is 8.78 Å². The van der Waals surface area contributed by atoms with Gasteiger partial charge in [0.1, 0.15) is 0 Å². The molecule has 1 fully saturated rings. The third-order valence-corrected chi connectivity index (χ3v) is 2.36. The topological polar surface area (TPSA) is 9.23 Å². The molecule has 1 heterocycles. The second kappa shape index (κ2) is 3.69. The van der Waals surface area contributed by atoms with Gasteiger partial charge in [0, 0.05) is 0 Å². The van der Waals surface area contributed by atoms with Gasteiger partial charge >= 0.3 is 0 Å². The molecular formula is C9H16F2O. The molecule has 1 nitrogen and oxygen atoms in total. The van der Waals surface area contributed by atoms with Crippen molar-refractivity contribution in [2.75, 3.05) is 0 Å². The molecule has 3 heteroatoms. The van der Waals surface area contributed by atoms with Gasteiger partial charge in [-0.1, -0.05) is 20.8 Å². The largest absolute Gasteiger partial charge is 0.368 e. The zero-order valence-electron chi connectivity index (χ0n) is 7.76. The van der Waals surface area contributed by atoms with Gasteiger partial charge in [0.05, 0.1) is 12.2 Å². The fraction of sp³-hybridized carbons (Fsp3) is 1.00. The van der Waals surface area contributed by atoms with Gasteiger partial charge in [0.2, 0.25) is 0 Å². The van der Waals surface area contributed by atoms with Crippen LogP contribution >= 0.6 is 0 Å². The van der Waals surface area contributed by atoms with E-state index in [1.54, 1.807) is 0 Å². The molecule has 1 aliphatic heterocycles. The lowest BCUT2D eigenvalue weighted by Gasteiger charge is -2.16. The Morgan fingerprint density at radius 3 is 2.08 bits per heavy atom. The van der Waals surface area contributed by atoms with Crippen molar-refractivity contribution < 1.29 is 13.5 Å². The number of alkyl halides is 2. The molecule has 12 heavy (non-hydrogen) atoms. The standard InChI is InChI=1S/C9H16F2O/c1-4-6-7(10)8(11)9(12-6)5(2)3/h5-9H,4H2,1-3H3/t6-,7-,8-,9+/m0/s1. The van der Waals surface area contributed by atoms with Crippen LogP contribution in [0.25, 0.3) is 0 Å². The average Bonchev–Trinajstić information content (AvgIpc) is 2.30. The Labute approximate surface area is 72.1 Å². The summed E-state index contributed by atoms with van der Waals surface area (Å²) in [5.41, 5.74) is 0. The highest BCUT2D eigenvalue weighted by molar-refractivity contribution is 4.91. The van der Waals surface area contributed by atoms with E-state index in [0.717, 1.165) is 0 Å². The summed E-state index contributed by atoms with van der Waals surface area (Å²) in [7, 11) is 0. The molecule has 1 rings (SSSR count). The van der Waals surface area contributed by atoms with Crippen molar-refractivity contribution in [2.45, 2.75) is 51.7 Å². The quantitative estimate of drug-likeness (QED) is 0.631. The summed E-state index contributed by atoms with van der Waals surface area (Å²) < 4.78 is 31.5. The first-order valence-electron chi connectivity index (χ1n) is 4.51. The summed E-state index contributed by atoms with van der Waals surface area (Å²) in [6, 6.07) is 0. The third-order valence-electron chi connectivity index (χ3n) is 2.36. The fourth-order valence-electron chi connectivity index (χ4n) is 1.58. The van der Waals surface area contributed by atoms with Crippen LogP contribution in [-0.4, -0.2) is 24.6 Å². The van der Waals surface area contributed by atoms with Crippen molar-refractivity contribution in [3.63, 3.8) is 0 Å². The molecule has 0 aromatic carbocycles. The van der Waals surface area contributed by atoms with Crippen molar-refractivity contribution in [2.24, 2.45) is 5.92 Å². The summed E-state index contributed by atoms with van der Waals surface area (Å²) in [5, 5.41) is 0. The van der Waals surface area contributed by atoms with Gasteiger partial charge in [-0.15, -0.1) is 0 Å². The molecule has 0 N–H and O–H groups in total. The maximum Gasteiger partial charge on any atom is 0.160 e. The minimum atomic E-state index is -1.44. The Morgan fingerprint density at radius 1 is 1.25 bits per heavy atom. The van der Waals surface area contributed by atoms with E-state index in [9.17, 15) is 8.78 Å². The van der Waals surface area contributed by atoms with Crippen LogP contribution in [0.2, 0.25) is 0 Å². The Hall–Kier alpha value is -0.180. The molecule has 1 saturated heterocycles. The van der Waals surface area contributed by atoms with Crippen molar-refractivity contribution in [3.05, 3.63) is 0 Å². The van der Waals surface area contributed by atoms with Gasteiger partial charge in [-0.2, -0.15) is 0 Å². The Bertz CT molecular complexity index is 149. The van der Waals surface area contributed by atoms with Crippen molar-refractivity contribution >= 4 is 0 Å². The molecule has 0 radical (unpaired) electrons. The van der Waals surface area contributed by atoms with E-state index in [-0.39, 0.29) is 5.92 Å². The van der Waals surface area contributed by atoms with Crippen LogP contribution in [0.3, 0.4) is 0 Å². The maximum absolute atomic E-state index is 13.2. The minimum absolute atomic E-state index is 0.0507. The van der Waals surface area contributed by atoms with Gasteiger partial charge in [0.25, 0.3) is 0 Å². The highest BCUT2D eigenvalue weighted by Crippen LogP contribution is 2.32. The average molecular weight is 178 g/mol. The van der Waals surface area contributed by atoms with Gasteiger partial charge in [-0.05, 0) is 12.3 Å². The summed E-state index contributed by atoms with van der Waals surface area (Å²) in [6.45, 7) is 5.51. The van der Waals surface area contributed by atoms with E-state index < -0.39 is 24.6 Å². The maximum atomic E-state index is 13.2. The zero-order chi connectivity index (χ0) is 9.30. The summed E-state index contributed by atoms with van der Waals surface area (Å²) in [6.07, 6.45) is -3.40. The van der Waals surface area contributed by atoms with Crippen LogP contribution in [0.5, 0.6) is 0 Å². The third kappa shape index (κ3) is 1.60. The molecule has 0 saturated carbocycles. The van der Waals surface area contributed by atoms with Crippen LogP contribution in [0, 0.1) is 5.92 Å². The van der Waals surface area contributed by atoms with Gasteiger partial charge < -0.3 is 4.74 Å². The van der Waals surface area contributed by atoms with E-state index in [0.29, 0.717) is 6.42 Å². The predicted octanol–water partition coefficient (Wildman–Crippen LogP) is 2.50. The first-order chi connectivity index (χ1) is 5.57. The second-order valence-corrected chi connectivity index (χ2v) is 3.68. The summed E-state index contributed by atoms with van der Waals surface area (Å²) >= 11 is 0. The predicted molar refractivity (Wildman–Crippen MR) is 43.6 cm³/mol. The highest BCUT2D eigenvalue weighted by atomic mass is 19.2. The van der Waals surface area contributed by atoms with Crippen LogP contribution in [0.1, 0.15) is 27.2 Å². The van der Waals surface area contributed by atoms with Crippen molar-refractivity contribution in [3.8, 4) is 0 Å². The van der Waals surface area contributed by atoms with Crippen LogP contribution < -0.4 is 0 Å². The molecule has 1 aliphatic rings. The normalized spacial score (nSPS) is 42.5. The molecule has 0 bridgehead atoms. The second-order valence-electron chi connectivity index (χ2n) is 3.68. The van der Waals surface area contributed by atoms with E-state index >= 15 is 0 Å². The lowest BCUT2D eigenvalue weighted by molar-refractivity contribution is -0.00347. The molecule has 0 unspecified atom stereocenters. The monoisotopic (exact) mass is 178 g/mol. The molecule has 0 amide bonds. The Kier molecular flexibility index (Phi) is 3.04. The Balaban J connectivity index is 2.60. The van der Waals surface area contributed by atoms with E-state index in [4.69, 9.17) is 4.74 Å². The fourth-order valence-corrected chi connectivity index (χ4v) is 1.58. The van der Waals surface area contributed by atoms with Crippen LogP contribution in [-0.2, 0) is 4.74 Å². The summed E-state index contributed by atoms with van der Waals surface area (Å²) in [5.74, 6) is 0.0507. The van der Waals surface area contributed by atoms with E-state index in [2.05, 4.69) is 0 Å². The highest BCUT2D eigenvalue weighted by Gasteiger charge is 2.45. The Morgan fingerprint density at radius 2 is 1.83 bits per heavy atom. The number of ether oxygens (including phenoxy) is 1. The van der Waals surface area contributed by atoms with Crippen LogP contribution in [0.4, 0.5) is 8.78 Å². The first-order valence-corrected chi connectivity index (χ1v) is 4.51. The molecular weight excluding hydrogens is 162 g/mol. The summed E-state index contributed by atoms with van der Waals surface area (Å²) in [4.78, 5) is 0. The number of hydrogen-bond donors (Lipinski definition) is 0. The number of rotatable bonds is 2. The molecule has 0 aromatic rings. The zero-order valence-corrected chi connectivity index (χ0v) is 7.76. The number of halogens is 2. The molecule has 0 spiro atoms. The van der Waals surface area contributed by atoms with E-state index in [1.165, 1.54) is 0 Å². The lowest BCUT2D eigenvalue weighted by Crippen LogP contribution is -2.27. The van der Waals surface area contributed by atoms with Crippen molar-refractivity contribution in [1.29, 1.82) is 0 Å². The molecule has 0 aromatic heterocycles. The lowest BCUT2D eigenvalue weighted by atomic mass is 10.0. The first kappa shape index (κ1) is 9.90. The SMILES string of the molecule is CC[C@@H]1O[C@H](C(C)C)[C@@H](F)[C@H]1F. The van der Waals surface area contributed by atoms with Gasteiger partial charge in [0.15, 0.2) is 12.3 Å². The van der Waals surface area contributed by atoms with Gasteiger partial charge in [-0.3, -0.25) is 0 Å². The minimum Gasteiger partial charge on any atom is -0.368 e. The number of hydrogen-bond acceptors (Lipinski definition) is 1.